The van der Waals surface area contributed by atoms with Gasteiger partial charge >= 0.3 is 12.2 Å². The zero-order chi connectivity index (χ0) is 21.5. The lowest BCUT2D eigenvalue weighted by atomic mass is 10.0. The predicted molar refractivity (Wildman–Crippen MR) is 106 cm³/mol. The fraction of sp³-hybridized carbons (Fsp3) is 0.619. The van der Waals surface area contributed by atoms with Crippen molar-refractivity contribution in [3.63, 3.8) is 0 Å². The van der Waals surface area contributed by atoms with Gasteiger partial charge in [0.2, 0.25) is 0 Å². The highest BCUT2D eigenvalue weighted by atomic mass is 16.6. The van der Waals surface area contributed by atoms with Gasteiger partial charge in [-0.1, -0.05) is 6.92 Å². The van der Waals surface area contributed by atoms with Gasteiger partial charge in [0, 0.05) is 37.4 Å². The van der Waals surface area contributed by atoms with Crippen molar-refractivity contribution >= 4 is 17.9 Å². The number of hydrogen-bond acceptors (Lipinski definition) is 6. The molecule has 1 aliphatic heterocycles. The van der Waals surface area contributed by atoms with Crippen LogP contribution in [0.3, 0.4) is 0 Å². The summed E-state index contributed by atoms with van der Waals surface area (Å²) in [6.45, 7) is 14.2. The number of phenolic OH excluding ortho intramolecular Hbond substituents is 1. The second kappa shape index (κ2) is 10.1. The van der Waals surface area contributed by atoms with E-state index in [1.807, 2.05) is 32.9 Å². The maximum atomic E-state index is 12.3. The Hall–Kier alpha value is -2.53. The Morgan fingerprint density at radius 3 is 2.43 bits per heavy atom. The molecule has 1 N–H and O–H groups in total. The SMILES string of the molecule is CCc1cc(O)cc(N(CC)C2CCN(C(=O)OC(C)(C)C)C2)c1C.O=C=O. The molecular formula is C21H32N2O5. The zero-order valence-corrected chi connectivity index (χ0v) is 17.7. The van der Waals surface area contributed by atoms with Gasteiger partial charge in [-0.3, -0.25) is 0 Å². The lowest BCUT2D eigenvalue weighted by molar-refractivity contribution is -0.191. The highest BCUT2D eigenvalue weighted by Gasteiger charge is 2.33. The number of hydrogen-bond donors (Lipinski definition) is 1. The normalized spacial score (nSPS) is 16.1. The zero-order valence-electron chi connectivity index (χ0n) is 17.7. The number of amides is 1. The van der Waals surface area contributed by atoms with Crippen molar-refractivity contribution in [3.8, 4) is 5.75 Å². The van der Waals surface area contributed by atoms with Crippen LogP contribution in [-0.2, 0) is 20.7 Å². The number of ether oxygens (including phenoxy) is 1. The monoisotopic (exact) mass is 392 g/mol. The van der Waals surface area contributed by atoms with Gasteiger partial charge < -0.3 is 19.6 Å². The molecule has 156 valence electrons. The maximum absolute atomic E-state index is 12.3. The second-order valence-corrected chi connectivity index (χ2v) is 7.84. The third-order valence-electron chi connectivity index (χ3n) is 4.76. The van der Waals surface area contributed by atoms with Gasteiger partial charge in [0.15, 0.2) is 0 Å². The number of carbonyl (C=O) groups is 1. The fourth-order valence-electron chi connectivity index (χ4n) is 3.52. The molecule has 1 saturated heterocycles. The van der Waals surface area contributed by atoms with Crippen LogP contribution < -0.4 is 4.90 Å². The summed E-state index contributed by atoms with van der Waals surface area (Å²) in [5, 5.41) is 10.1. The van der Waals surface area contributed by atoms with Crippen molar-refractivity contribution in [2.75, 3.05) is 24.5 Å². The summed E-state index contributed by atoms with van der Waals surface area (Å²) in [6.07, 6.45) is 1.80. The molecule has 0 spiro atoms. The van der Waals surface area contributed by atoms with Gasteiger partial charge in [-0.05, 0) is 64.7 Å². The van der Waals surface area contributed by atoms with Gasteiger partial charge in [0.25, 0.3) is 0 Å². The molecule has 1 atom stereocenters. The number of aryl methyl sites for hydroxylation is 1. The van der Waals surface area contributed by atoms with E-state index in [-0.39, 0.29) is 18.3 Å². The molecule has 7 heteroatoms. The Labute approximate surface area is 167 Å². The van der Waals surface area contributed by atoms with Crippen LogP contribution in [0.4, 0.5) is 10.5 Å². The van der Waals surface area contributed by atoms with Gasteiger partial charge in [-0.2, -0.15) is 9.59 Å². The average molecular weight is 392 g/mol. The average Bonchev–Trinajstić information content (AvgIpc) is 3.07. The summed E-state index contributed by atoms with van der Waals surface area (Å²) in [5.74, 6) is 0.304. The van der Waals surface area contributed by atoms with Crippen LogP contribution in [0.1, 0.15) is 52.2 Å². The number of aromatic hydroxyl groups is 1. The van der Waals surface area contributed by atoms with E-state index in [2.05, 4.69) is 25.7 Å². The minimum absolute atomic E-state index is 0.239. The molecule has 1 fully saturated rings. The Morgan fingerprint density at radius 1 is 1.32 bits per heavy atom. The summed E-state index contributed by atoms with van der Waals surface area (Å²) < 4.78 is 5.50. The molecule has 2 rings (SSSR count). The van der Waals surface area contributed by atoms with Crippen LogP contribution in [-0.4, -0.2) is 53.5 Å². The van der Waals surface area contributed by atoms with E-state index >= 15 is 0 Å². The van der Waals surface area contributed by atoms with Crippen molar-refractivity contribution in [1.82, 2.24) is 4.90 Å². The number of likely N-dealkylation sites (N-methyl/N-ethyl adjacent to an activating group) is 1. The van der Waals surface area contributed by atoms with E-state index in [0.29, 0.717) is 18.8 Å². The van der Waals surface area contributed by atoms with E-state index in [0.717, 1.165) is 30.6 Å². The van der Waals surface area contributed by atoms with Crippen LogP contribution in [0, 0.1) is 6.92 Å². The summed E-state index contributed by atoms with van der Waals surface area (Å²) in [7, 11) is 0. The topological polar surface area (TPSA) is 87.2 Å². The number of anilines is 1. The maximum Gasteiger partial charge on any atom is 0.410 e. The van der Waals surface area contributed by atoms with E-state index in [9.17, 15) is 9.90 Å². The number of likely N-dealkylation sites (tertiary alicyclic amines) is 1. The molecule has 0 aromatic heterocycles. The van der Waals surface area contributed by atoms with Crippen molar-refractivity contribution in [2.24, 2.45) is 0 Å². The molecule has 1 aromatic carbocycles. The molecule has 1 amide bonds. The van der Waals surface area contributed by atoms with Gasteiger partial charge in [-0.15, -0.1) is 0 Å². The van der Waals surface area contributed by atoms with Crippen molar-refractivity contribution in [3.05, 3.63) is 23.3 Å². The molecule has 1 aromatic rings. The van der Waals surface area contributed by atoms with E-state index in [1.165, 1.54) is 5.56 Å². The Kier molecular flexibility index (Phi) is 8.51. The molecule has 1 aliphatic rings. The van der Waals surface area contributed by atoms with Crippen LogP contribution in [0.25, 0.3) is 0 Å². The third-order valence-corrected chi connectivity index (χ3v) is 4.76. The Morgan fingerprint density at radius 2 is 1.93 bits per heavy atom. The largest absolute Gasteiger partial charge is 0.508 e. The Bertz CT molecular complexity index is 705. The van der Waals surface area contributed by atoms with Crippen LogP contribution in [0.2, 0.25) is 0 Å². The van der Waals surface area contributed by atoms with Crippen molar-refractivity contribution < 1.29 is 24.2 Å². The molecule has 0 aliphatic carbocycles. The standard InChI is InChI=1S/C20H32N2O3.CO2/c1-7-15-11-17(23)12-18(14(15)3)22(8-2)16-9-10-21(13-16)19(24)25-20(4,5)6;2-1-3/h11-12,16,23H,7-10,13H2,1-6H3;. The first kappa shape index (κ1) is 23.5. The highest BCUT2D eigenvalue weighted by molar-refractivity contribution is 5.69. The lowest BCUT2D eigenvalue weighted by Gasteiger charge is -2.32. The minimum Gasteiger partial charge on any atom is -0.508 e. The van der Waals surface area contributed by atoms with E-state index in [1.54, 1.807) is 4.90 Å². The smallest absolute Gasteiger partial charge is 0.410 e. The molecule has 7 nitrogen and oxygen atoms in total. The summed E-state index contributed by atoms with van der Waals surface area (Å²) in [5.41, 5.74) is 2.96. The van der Waals surface area contributed by atoms with Gasteiger partial charge in [0.05, 0.1) is 0 Å². The quantitative estimate of drug-likeness (QED) is 0.844. The Balaban J connectivity index is 0.00000122. The molecule has 1 heterocycles. The fourth-order valence-corrected chi connectivity index (χ4v) is 3.52. The summed E-state index contributed by atoms with van der Waals surface area (Å²) >= 11 is 0. The molecule has 28 heavy (non-hydrogen) atoms. The van der Waals surface area contributed by atoms with Gasteiger partial charge in [0.1, 0.15) is 11.4 Å². The van der Waals surface area contributed by atoms with Crippen LogP contribution >= 0.6 is 0 Å². The molecule has 0 bridgehead atoms. The van der Waals surface area contributed by atoms with Gasteiger partial charge in [-0.25, -0.2) is 4.79 Å². The first-order chi connectivity index (χ1) is 13.1. The molecule has 1 unspecified atom stereocenters. The first-order valence-corrected chi connectivity index (χ1v) is 9.64. The van der Waals surface area contributed by atoms with Crippen molar-refractivity contribution in [1.29, 1.82) is 0 Å². The highest BCUT2D eigenvalue weighted by Crippen LogP contribution is 2.32. The minimum atomic E-state index is -0.475. The number of nitrogens with zero attached hydrogens (tertiary/aromatic N) is 2. The van der Waals surface area contributed by atoms with Crippen molar-refractivity contribution in [2.45, 2.75) is 66.0 Å². The molecule has 0 saturated carbocycles. The number of benzene rings is 1. The lowest BCUT2D eigenvalue weighted by Crippen LogP contribution is -2.40. The predicted octanol–water partition coefficient (Wildman–Crippen LogP) is 3.52. The molecule has 0 radical (unpaired) electrons. The first-order valence-electron chi connectivity index (χ1n) is 9.64. The van der Waals surface area contributed by atoms with E-state index in [4.69, 9.17) is 14.3 Å². The summed E-state index contributed by atoms with van der Waals surface area (Å²) in [6, 6.07) is 3.92. The van der Waals surface area contributed by atoms with Crippen LogP contribution in [0.5, 0.6) is 5.75 Å². The summed E-state index contributed by atoms with van der Waals surface area (Å²) in [4.78, 5) is 32.7. The second-order valence-electron chi connectivity index (χ2n) is 7.84. The number of rotatable bonds is 4. The van der Waals surface area contributed by atoms with Crippen LogP contribution in [0.15, 0.2) is 12.1 Å². The number of phenols is 1. The molecular weight excluding hydrogens is 360 g/mol. The third kappa shape index (κ3) is 6.27. The van der Waals surface area contributed by atoms with E-state index < -0.39 is 5.60 Å². The number of carbonyl (C=O) groups excluding carboxylic acids is 3.